The van der Waals surface area contributed by atoms with E-state index >= 15 is 0 Å². The zero-order chi connectivity index (χ0) is 19.7. The summed E-state index contributed by atoms with van der Waals surface area (Å²) in [6.45, 7) is 6.63. The number of hydrogen-bond donors (Lipinski definition) is 1. The Labute approximate surface area is 150 Å². The number of amides is 1. The molecule has 144 valence electrons. The van der Waals surface area contributed by atoms with E-state index in [1.807, 2.05) is 19.1 Å². The van der Waals surface area contributed by atoms with E-state index in [-0.39, 0.29) is 17.1 Å². The number of hydrazone groups is 1. The fourth-order valence-corrected chi connectivity index (χ4v) is 3.12. The molecule has 1 aliphatic heterocycles. The third kappa shape index (κ3) is 3.85. The van der Waals surface area contributed by atoms with Crippen molar-refractivity contribution in [1.82, 2.24) is 5.01 Å². The molecule has 2 rings (SSSR count). The average Bonchev–Trinajstić information content (AvgIpc) is 2.84. The molecular formula is C18H23F3N2O3. The van der Waals surface area contributed by atoms with Gasteiger partial charge < -0.3 is 9.84 Å². The Morgan fingerprint density at radius 2 is 1.88 bits per heavy atom. The zero-order valence-electron chi connectivity index (χ0n) is 15.3. The zero-order valence-corrected chi connectivity index (χ0v) is 15.3. The number of hydrogen-bond acceptors (Lipinski definition) is 4. The van der Waals surface area contributed by atoms with Gasteiger partial charge in [0.05, 0.1) is 0 Å². The van der Waals surface area contributed by atoms with E-state index in [1.54, 1.807) is 20.8 Å². The van der Waals surface area contributed by atoms with E-state index in [0.717, 1.165) is 16.7 Å². The average molecular weight is 372 g/mol. The number of aliphatic hydroxyl groups is 1. The van der Waals surface area contributed by atoms with E-state index in [1.165, 1.54) is 0 Å². The lowest BCUT2D eigenvalue weighted by atomic mass is 10.0. The Morgan fingerprint density at radius 1 is 1.31 bits per heavy atom. The van der Waals surface area contributed by atoms with Crippen LogP contribution in [-0.2, 0) is 4.79 Å². The normalized spacial score (nSPS) is 20.3. The maximum absolute atomic E-state index is 13.3. The van der Waals surface area contributed by atoms with Crippen molar-refractivity contribution >= 4 is 11.6 Å². The van der Waals surface area contributed by atoms with Gasteiger partial charge in [-0.1, -0.05) is 31.0 Å². The summed E-state index contributed by atoms with van der Waals surface area (Å²) in [4.78, 5) is 12.4. The molecule has 1 aromatic carbocycles. The molecule has 5 nitrogen and oxygen atoms in total. The van der Waals surface area contributed by atoms with Gasteiger partial charge in [-0.15, -0.1) is 0 Å². The van der Waals surface area contributed by atoms with Gasteiger partial charge in [0.1, 0.15) is 5.75 Å². The molecule has 1 atom stereocenters. The van der Waals surface area contributed by atoms with Crippen molar-refractivity contribution in [2.75, 3.05) is 6.61 Å². The van der Waals surface area contributed by atoms with Crippen molar-refractivity contribution in [3.8, 4) is 5.75 Å². The first-order valence-corrected chi connectivity index (χ1v) is 8.38. The van der Waals surface area contributed by atoms with Crippen LogP contribution in [0.2, 0.25) is 0 Å². The number of benzene rings is 1. The molecule has 1 heterocycles. The lowest BCUT2D eigenvalue weighted by Gasteiger charge is -2.32. The number of ether oxygens (including phenoxy) is 1. The second-order valence-electron chi connectivity index (χ2n) is 6.63. The number of carbonyl (C=O) groups excluding carboxylic acids is 1. The summed E-state index contributed by atoms with van der Waals surface area (Å²) in [6.07, 6.45) is -4.91. The SMILES string of the molecule is CCCC1=NN(C(=O)COc2c(C)cc(C)cc2C)C(O)(C(F)(F)F)C1. The predicted octanol–water partition coefficient (Wildman–Crippen LogP) is 3.63. The number of nitrogens with zero attached hydrogens (tertiary/aromatic N) is 2. The third-order valence-electron chi connectivity index (χ3n) is 4.22. The molecule has 0 radical (unpaired) electrons. The highest BCUT2D eigenvalue weighted by Gasteiger charge is 2.63. The van der Waals surface area contributed by atoms with Crippen molar-refractivity contribution in [2.45, 2.75) is 58.9 Å². The van der Waals surface area contributed by atoms with Gasteiger partial charge in [-0.25, -0.2) is 0 Å². The van der Waals surface area contributed by atoms with Crippen LogP contribution in [0.4, 0.5) is 13.2 Å². The summed E-state index contributed by atoms with van der Waals surface area (Å²) in [5.74, 6) is -0.605. The molecule has 0 fully saturated rings. The molecule has 1 unspecified atom stereocenters. The van der Waals surface area contributed by atoms with Crippen LogP contribution in [0.5, 0.6) is 5.75 Å². The second-order valence-corrected chi connectivity index (χ2v) is 6.63. The van der Waals surface area contributed by atoms with Crippen molar-refractivity contribution in [1.29, 1.82) is 0 Å². The molecule has 1 aliphatic rings. The van der Waals surface area contributed by atoms with Gasteiger partial charge in [0.2, 0.25) is 0 Å². The van der Waals surface area contributed by atoms with Crippen molar-refractivity contribution in [2.24, 2.45) is 5.10 Å². The minimum atomic E-state index is -5.02. The number of aryl methyl sites for hydroxylation is 3. The van der Waals surface area contributed by atoms with Crippen LogP contribution in [0.1, 0.15) is 42.9 Å². The van der Waals surface area contributed by atoms with Crippen LogP contribution in [0.25, 0.3) is 0 Å². The number of alkyl halides is 3. The molecule has 1 N–H and O–H groups in total. The van der Waals surface area contributed by atoms with Crippen molar-refractivity contribution < 1.29 is 27.8 Å². The van der Waals surface area contributed by atoms with Crippen molar-refractivity contribution in [3.63, 3.8) is 0 Å². The van der Waals surface area contributed by atoms with Gasteiger partial charge in [0.25, 0.3) is 11.6 Å². The Bertz CT molecular complexity index is 708. The van der Waals surface area contributed by atoms with E-state index < -0.39 is 30.8 Å². The fourth-order valence-electron chi connectivity index (χ4n) is 3.12. The Morgan fingerprint density at radius 3 is 2.38 bits per heavy atom. The second kappa shape index (κ2) is 7.26. The van der Waals surface area contributed by atoms with Crippen LogP contribution in [0.15, 0.2) is 17.2 Å². The molecule has 26 heavy (non-hydrogen) atoms. The number of rotatable bonds is 5. The summed E-state index contributed by atoms with van der Waals surface area (Å²) < 4.78 is 45.5. The molecule has 0 aliphatic carbocycles. The van der Waals surface area contributed by atoms with Crippen LogP contribution in [0, 0.1) is 20.8 Å². The molecule has 0 aromatic heterocycles. The smallest absolute Gasteiger partial charge is 0.438 e. The fraction of sp³-hybridized carbons (Fsp3) is 0.556. The summed E-state index contributed by atoms with van der Waals surface area (Å²) in [7, 11) is 0. The summed E-state index contributed by atoms with van der Waals surface area (Å²) >= 11 is 0. The van der Waals surface area contributed by atoms with Gasteiger partial charge in [-0.3, -0.25) is 4.79 Å². The maximum Gasteiger partial charge on any atom is 0.438 e. The molecule has 1 aromatic rings. The van der Waals surface area contributed by atoms with Crippen LogP contribution in [0.3, 0.4) is 0 Å². The van der Waals surface area contributed by atoms with Crippen LogP contribution >= 0.6 is 0 Å². The quantitative estimate of drug-likeness (QED) is 0.859. The molecule has 0 saturated carbocycles. The standard InChI is InChI=1S/C18H23F3N2O3/c1-5-6-14-9-17(25,18(19,20)21)23(22-14)15(24)10-26-16-12(3)7-11(2)8-13(16)4/h7-8,25H,5-6,9-10H2,1-4H3. The van der Waals surface area contributed by atoms with E-state index in [9.17, 15) is 23.1 Å². The Kier molecular flexibility index (Phi) is 5.65. The van der Waals surface area contributed by atoms with Gasteiger partial charge in [0.15, 0.2) is 6.61 Å². The first kappa shape index (κ1) is 20.2. The molecule has 8 heteroatoms. The first-order chi connectivity index (χ1) is 12.0. The lowest BCUT2D eigenvalue weighted by molar-refractivity contribution is -0.302. The topological polar surface area (TPSA) is 62.1 Å². The minimum absolute atomic E-state index is 0.122. The van der Waals surface area contributed by atoms with Gasteiger partial charge >= 0.3 is 6.18 Å². The number of carbonyl (C=O) groups is 1. The van der Waals surface area contributed by atoms with Crippen molar-refractivity contribution in [3.05, 3.63) is 28.8 Å². The van der Waals surface area contributed by atoms with Gasteiger partial charge in [-0.05, 0) is 38.3 Å². The van der Waals surface area contributed by atoms with Gasteiger partial charge in [-0.2, -0.15) is 23.3 Å². The highest BCUT2D eigenvalue weighted by atomic mass is 19.4. The third-order valence-corrected chi connectivity index (χ3v) is 4.22. The van der Waals surface area contributed by atoms with E-state index in [4.69, 9.17) is 4.74 Å². The molecule has 0 spiro atoms. The first-order valence-electron chi connectivity index (χ1n) is 8.38. The monoisotopic (exact) mass is 372 g/mol. The Hall–Kier alpha value is -2.09. The molecule has 0 saturated heterocycles. The van der Waals surface area contributed by atoms with E-state index in [0.29, 0.717) is 12.2 Å². The number of halogens is 3. The Balaban J connectivity index is 2.21. The maximum atomic E-state index is 13.3. The largest absolute Gasteiger partial charge is 0.483 e. The predicted molar refractivity (Wildman–Crippen MR) is 91.0 cm³/mol. The molecular weight excluding hydrogens is 349 g/mol. The lowest BCUT2D eigenvalue weighted by Crippen LogP contribution is -2.57. The molecule has 0 bridgehead atoms. The van der Waals surface area contributed by atoms with Gasteiger partial charge in [0, 0.05) is 12.1 Å². The highest BCUT2D eigenvalue weighted by molar-refractivity contribution is 5.91. The highest BCUT2D eigenvalue weighted by Crippen LogP contribution is 2.41. The minimum Gasteiger partial charge on any atom is -0.483 e. The van der Waals surface area contributed by atoms with Crippen LogP contribution in [-0.4, -0.2) is 40.2 Å². The molecule has 1 amide bonds. The summed E-state index contributed by atoms with van der Waals surface area (Å²) in [5.41, 5.74) is -0.618. The van der Waals surface area contributed by atoms with Crippen LogP contribution < -0.4 is 4.74 Å². The summed E-state index contributed by atoms with van der Waals surface area (Å²) in [5, 5.41) is 13.9. The summed E-state index contributed by atoms with van der Waals surface area (Å²) in [6, 6.07) is 3.71. The van der Waals surface area contributed by atoms with E-state index in [2.05, 4.69) is 5.10 Å².